The van der Waals surface area contributed by atoms with Crippen molar-refractivity contribution in [3.05, 3.63) is 59.7 Å². The fourth-order valence-corrected chi connectivity index (χ4v) is 2.95. The molecule has 0 aromatic heterocycles. The predicted octanol–water partition coefficient (Wildman–Crippen LogP) is 3.20. The Kier molecular flexibility index (Phi) is 6.44. The molecule has 0 aliphatic carbocycles. The lowest BCUT2D eigenvalue weighted by atomic mass is 10.1. The van der Waals surface area contributed by atoms with Crippen molar-refractivity contribution in [1.82, 2.24) is 4.90 Å². The van der Waals surface area contributed by atoms with Gasteiger partial charge in [0, 0.05) is 37.0 Å². The smallest absolute Gasteiger partial charge is 0.255 e. The van der Waals surface area contributed by atoms with Crippen LogP contribution in [0.15, 0.2) is 48.5 Å². The number of nitrogens with one attached hydrogen (secondary N) is 1. The molecule has 1 fully saturated rings. The molecular formula is C21H24N2O4. The van der Waals surface area contributed by atoms with Crippen molar-refractivity contribution in [3.63, 3.8) is 0 Å². The Balaban J connectivity index is 1.56. The summed E-state index contributed by atoms with van der Waals surface area (Å²) in [5, 5.41) is 2.84. The Morgan fingerprint density at radius 2 is 1.56 bits per heavy atom. The fourth-order valence-electron chi connectivity index (χ4n) is 2.95. The van der Waals surface area contributed by atoms with Gasteiger partial charge in [-0.3, -0.25) is 9.59 Å². The maximum atomic E-state index is 12.4. The number of amides is 2. The molecular weight excluding hydrogens is 344 g/mol. The van der Waals surface area contributed by atoms with Crippen LogP contribution in [0.25, 0.3) is 0 Å². The summed E-state index contributed by atoms with van der Waals surface area (Å²) in [4.78, 5) is 26.6. The predicted molar refractivity (Wildman–Crippen MR) is 103 cm³/mol. The van der Waals surface area contributed by atoms with E-state index in [9.17, 15) is 9.59 Å². The van der Waals surface area contributed by atoms with E-state index in [1.165, 1.54) is 0 Å². The zero-order valence-corrected chi connectivity index (χ0v) is 15.4. The minimum Gasteiger partial charge on any atom is -0.491 e. The van der Waals surface area contributed by atoms with Crippen molar-refractivity contribution in [1.29, 1.82) is 0 Å². The van der Waals surface area contributed by atoms with Gasteiger partial charge in [0.1, 0.15) is 12.4 Å². The van der Waals surface area contributed by atoms with Gasteiger partial charge in [-0.15, -0.1) is 0 Å². The largest absolute Gasteiger partial charge is 0.491 e. The molecule has 1 heterocycles. The molecule has 6 heteroatoms. The molecule has 0 bridgehead atoms. The molecule has 2 aromatic rings. The number of hydrogen-bond donors (Lipinski definition) is 1. The number of hydrogen-bond acceptors (Lipinski definition) is 4. The Morgan fingerprint density at radius 1 is 0.926 bits per heavy atom. The van der Waals surface area contributed by atoms with Crippen LogP contribution in [-0.2, 0) is 4.74 Å². The minimum atomic E-state index is -0.211. The van der Waals surface area contributed by atoms with Gasteiger partial charge >= 0.3 is 0 Å². The number of nitrogens with zero attached hydrogens (tertiary/aromatic N) is 1. The van der Waals surface area contributed by atoms with E-state index in [0.29, 0.717) is 35.8 Å². The Morgan fingerprint density at radius 3 is 2.19 bits per heavy atom. The molecule has 0 saturated carbocycles. The van der Waals surface area contributed by atoms with Crippen LogP contribution in [0.4, 0.5) is 5.69 Å². The van der Waals surface area contributed by atoms with Crippen LogP contribution in [0.3, 0.4) is 0 Å². The van der Waals surface area contributed by atoms with Crippen molar-refractivity contribution >= 4 is 17.5 Å². The van der Waals surface area contributed by atoms with Gasteiger partial charge in [0.15, 0.2) is 0 Å². The van der Waals surface area contributed by atoms with E-state index in [1.807, 2.05) is 4.90 Å². The second kappa shape index (κ2) is 9.19. The molecule has 1 N–H and O–H groups in total. The zero-order valence-electron chi connectivity index (χ0n) is 15.4. The van der Waals surface area contributed by atoms with Gasteiger partial charge in [0.2, 0.25) is 0 Å². The second-order valence-corrected chi connectivity index (χ2v) is 6.40. The molecule has 1 aliphatic rings. The van der Waals surface area contributed by atoms with Crippen molar-refractivity contribution in [2.24, 2.45) is 0 Å². The summed E-state index contributed by atoms with van der Waals surface area (Å²) in [7, 11) is 1.62. The van der Waals surface area contributed by atoms with E-state index >= 15 is 0 Å². The highest BCUT2D eigenvalue weighted by molar-refractivity contribution is 6.04. The van der Waals surface area contributed by atoms with E-state index < -0.39 is 0 Å². The highest BCUT2D eigenvalue weighted by atomic mass is 16.5. The van der Waals surface area contributed by atoms with Gasteiger partial charge < -0.3 is 19.7 Å². The quantitative estimate of drug-likeness (QED) is 0.762. The maximum Gasteiger partial charge on any atom is 0.255 e. The molecule has 142 valence electrons. The molecule has 2 amide bonds. The summed E-state index contributed by atoms with van der Waals surface area (Å²) < 4.78 is 10.4. The highest BCUT2D eigenvalue weighted by Gasteiger charge is 2.19. The van der Waals surface area contributed by atoms with E-state index in [1.54, 1.807) is 55.6 Å². The number of benzene rings is 2. The zero-order chi connectivity index (χ0) is 19.1. The van der Waals surface area contributed by atoms with Gasteiger partial charge in [-0.2, -0.15) is 0 Å². The summed E-state index contributed by atoms with van der Waals surface area (Å²) in [6.45, 7) is 2.62. The van der Waals surface area contributed by atoms with E-state index in [2.05, 4.69) is 5.32 Å². The molecule has 6 nitrogen and oxygen atoms in total. The SMILES string of the molecule is COCCOc1ccc(C(=O)Nc2ccc(C(=O)N3CCCC3)cc2)cc1. The van der Waals surface area contributed by atoms with Crippen LogP contribution in [0.5, 0.6) is 5.75 Å². The third kappa shape index (κ3) is 5.08. The number of ether oxygens (including phenoxy) is 2. The Hall–Kier alpha value is -2.86. The van der Waals surface area contributed by atoms with Gasteiger partial charge in [-0.1, -0.05) is 0 Å². The number of methoxy groups -OCH3 is 1. The molecule has 0 spiro atoms. The molecule has 1 saturated heterocycles. The van der Waals surface area contributed by atoms with Gasteiger partial charge in [0.25, 0.3) is 11.8 Å². The van der Waals surface area contributed by atoms with Gasteiger partial charge in [-0.05, 0) is 61.4 Å². The third-order valence-corrected chi connectivity index (χ3v) is 4.46. The molecule has 0 atom stereocenters. The Bertz CT molecular complexity index is 766. The van der Waals surface area contributed by atoms with Crippen LogP contribution in [-0.4, -0.2) is 50.1 Å². The summed E-state index contributed by atoms with van der Waals surface area (Å²) in [5.74, 6) is 0.528. The van der Waals surface area contributed by atoms with Crippen LogP contribution in [0.2, 0.25) is 0 Å². The average Bonchev–Trinajstić information content (AvgIpc) is 3.23. The summed E-state index contributed by atoms with van der Waals surface area (Å²) in [6.07, 6.45) is 2.13. The second-order valence-electron chi connectivity index (χ2n) is 6.40. The first-order valence-electron chi connectivity index (χ1n) is 9.10. The van der Waals surface area contributed by atoms with Crippen molar-refractivity contribution in [2.45, 2.75) is 12.8 Å². The van der Waals surface area contributed by atoms with Gasteiger partial charge in [0.05, 0.1) is 6.61 Å². The molecule has 0 unspecified atom stereocenters. The van der Waals surface area contributed by atoms with Crippen molar-refractivity contribution in [3.8, 4) is 5.75 Å². The molecule has 2 aromatic carbocycles. The lowest BCUT2D eigenvalue weighted by Gasteiger charge is -2.15. The average molecular weight is 368 g/mol. The molecule has 0 radical (unpaired) electrons. The lowest BCUT2D eigenvalue weighted by Crippen LogP contribution is -2.27. The summed E-state index contributed by atoms with van der Waals surface area (Å²) >= 11 is 0. The van der Waals surface area contributed by atoms with Crippen molar-refractivity contribution in [2.75, 3.05) is 38.7 Å². The van der Waals surface area contributed by atoms with Crippen LogP contribution in [0.1, 0.15) is 33.6 Å². The Labute approximate surface area is 159 Å². The molecule has 1 aliphatic heterocycles. The minimum absolute atomic E-state index is 0.0504. The number of rotatable bonds is 7. The van der Waals surface area contributed by atoms with Gasteiger partial charge in [-0.25, -0.2) is 0 Å². The number of likely N-dealkylation sites (tertiary alicyclic amines) is 1. The van der Waals surface area contributed by atoms with E-state index in [4.69, 9.17) is 9.47 Å². The number of carbonyl (C=O) groups is 2. The lowest BCUT2D eigenvalue weighted by molar-refractivity contribution is 0.0792. The topological polar surface area (TPSA) is 67.9 Å². The molecule has 27 heavy (non-hydrogen) atoms. The summed E-state index contributed by atoms with van der Waals surface area (Å²) in [5.41, 5.74) is 1.83. The maximum absolute atomic E-state index is 12.4. The standard InChI is InChI=1S/C21H24N2O4/c1-26-14-15-27-19-10-6-16(7-11-19)20(24)22-18-8-4-17(5-9-18)21(25)23-12-2-3-13-23/h4-11H,2-3,12-15H2,1H3,(H,22,24). The number of carbonyl (C=O) groups excluding carboxylic acids is 2. The monoisotopic (exact) mass is 368 g/mol. The highest BCUT2D eigenvalue weighted by Crippen LogP contribution is 2.17. The molecule has 3 rings (SSSR count). The first kappa shape index (κ1) is 18.9. The normalized spacial score (nSPS) is 13.4. The first-order chi connectivity index (χ1) is 13.2. The van der Waals surface area contributed by atoms with E-state index in [-0.39, 0.29) is 11.8 Å². The first-order valence-corrected chi connectivity index (χ1v) is 9.10. The van der Waals surface area contributed by atoms with Crippen LogP contribution >= 0.6 is 0 Å². The summed E-state index contributed by atoms with van der Waals surface area (Å²) in [6, 6.07) is 13.9. The van der Waals surface area contributed by atoms with Crippen LogP contribution in [0, 0.1) is 0 Å². The van der Waals surface area contributed by atoms with E-state index in [0.717, 1.165) is 25.9 Å². The number of anilines is 1. The fraction of sp³-hybridized carbons (Fsp3) is 0.333. The van der Waals surface area contributed by atoms with Crippen molar-refractivity contribution < 1.29 is 19.1 Å². The van der Waals surface area contributed by atoms with Crippen LogP contribution < -0.4 is 10.1 Å². The third-order valence-electron chi connectivity index (χ3n) is 4.46.